The van der Waals surface area contributed by atoms with Gasteiger partial charge in [-0.15, -0.1) is 5.10 Å². The fraction of sp³-hybridized carbons (Fsp3) is 0.214. The molecule has 2 aromatic heterocycles. The number of para-hydroxylation sites is 1. The first-order valence-electron chi connectivity index (χ1n) is 6.18. The summed E-state index contributed by atoms with van der Waals surface area (Å²) in [6.45, 7) is 1.93. The standard InChI is InChI=1S/C14H13N3O3/c1-9(12-7-8-13(20-12)14(18)19-2)17-11-6-4-3-5-10(11)15-16-17/h3-9H,1-2H3. The van der Waals surface area contributed by atoms with Gasteiger partial charge >= 0.3 is 5.97 Å². The molecule has 0 N–H and O–H groups in total. The van der Waals surface area contributed by atoms with Crippen molar-refractivity contribution in [3.8, 4) is 0 Å². The van der Waals surface area contributed by atoms with Crippen molar-refractivity contribution in [1.82, 2.24) is 15.0 Å². The minimum absolute atomic E-state index is 0.166. The molecule has 6 heteroatoms. The molecule has 0 aliphatic rings. The Labute approximate surface area is 114 Å². The zero-order valence-corrected chi connectivity index (χ0v) is 11.1. The summed E-state index contributed by atoms with van der Waals surface area (Å²) in [5.41, 5.74) is 1.73. The van der Waals surface area contributed by atoms with Crippen molar-refractivity contribution in [3.63, 3.8) is 0 Å². The molecule has 0 aliphatic heterocycles. The molecule has 0 bridgehead atoms. The van der Waals surface area contributed by atoms with Gasteiger partial charge in [0.2, 0.25) is 5.76 Å². The number of nitrogens with zero attached hydrogens (tertiary/aromatic N) is 3. The third-order valence-electron chi connectivity index (χ3n) is 3.17. The predicted octanol–water partition coefficient (Wildman–Crippen LogP) is 2.42. The van der Waals surface area contributed by atoms with Crippen LogP contribution < -0.4 is 0 Å². The summed E-state index contributed by atoms with van der Waals surface area (Å²) < 4.78 is 11.9. The van der Waals surface area contributed by atoms with E-state index in [1.165, 1.54) is 7.11 Å². The lowest BCUT2D eigenvalue weighted by Crippen LogP contribution is -2.08. The largest absolute Gasteiger partial charge is 0.463 e. The normalized spacial score (nSPS) is 12.5. The number of carbonyl (C=O) groups is 1. The second-order valence-electron chi connectivity index (χ2n) is 4.39. The van der Waals surface area contributed by atoms with Crippen LogP contribution in [0, 0.1) is 0 Å². The van der Waals surface area contributed by atoms with Gasteiger partial charge in [0.25, 0.3) is 0 Å². The first-order chi connectivity index (χ1) is 9.70. The number of methoxy groups -OCH3 is 1. The summed E-state index contributed by atoms with van der Waals surface area (Å²) in [5.74, 6) is 0.312. The number of hydrogen-bond donors (Lipinski definition) is 0. The van der Waals surface area contributed by atoms with E-state index < -0.39 is 5.97 Å². The minimum atomic E-state index is -0.494. The second-order valence-corrected chi connectivity index (χ2v) is 4.39. The summed E-state index contributed by atoms with van der Waals surface area (Å²) in [4.78, 5) is 11.4. The van der Waals surface area contributed by atoms with Crippen LogP contribution in [0.2, 0.25) is 0 Å². The van der Waals surface area contributed by atoms with E-state index in [2.05, 4.69) is 15.0 Å². The van der Waals surface area contributed by atoms with E-state index in [-0.39, 0.29) is 11.8 Å². The van der Waals surface area contributed by atoms with Gasteiger partial charge in [-0.05, 0) is 31.2 Å². The first-order valence-corrected chi connectivity index (χ1v) is 6.18. The highest BCUT2D eigenvalue weighted by molar-refractivity contribution is 5.86. The Morgan fingerprint density at radius 2 is 2.10 bits per heavy atom. The smallest absolute Gasteiger partial charge is 0.373 e. The number of fused-ring (bicyclic) bond motifs is 1. The molecule has 3 aromatic rings. The van der Waals surface area contributed by atoms with Crippen molar-refractivity contribution < 1.29 is 13.9 Å². The van der Waals surface area contributed by atoms with Crippen LogP contribution >= 0.6 is 0 Å². The molecule has 0 aliphatic carbocycles. The average molecular weight is 271 g/mol. The molecule has 2 heterocycles. The lowest BCUT2D eigenvalue weighted by molar-refractivity contribution is 0.0562. The van der Waals surface area contributed by atoms with Gasteiger partial charge < -0.3 is 9.15 Å². The van der Waals surface area contributed by atoms with E-state index in [0.717, 1.165) is 11.0 Å². The molecule has 0 fully saturated rings. The number of ether oxygens (including phenoxy) is 1. The van der Waals surface area contributed by atoms with Gasteiger partial charge in [0.05, 0.1) is 12.6 Å². The molecule has 1 aromatic carbocycles. The number of carbonyl (C=O) groups excluding carboxylic acids is 1. The van der Waals surface area contributed by atoms with Crippen LogP contribution in [0.5, 0.6) is 0 Å². The van der Waals surface area contributed by atoms with Crippen LogP contribution in [0.1, 0.15) is 29.3 Å². The molecule has 0 saturated heterocycles. The number of benzene rings is 1. The molecule has 0 spiro atoms. The molecular formula is C14H13N3O3. The monoisotopic (exact) mass is 271 g/mol. The Balaban J connectivity index is 1.98. The maximum absolute atomic E-state index is 11.4. The number of aromatic nitrogens is 3. The number of furan rings is 1. The first kappa shape index (κ1) is 12.4. The third-order valence-corrected chi connectivity index (χ3v) is 3.17. The fourth-order valence-electron chi connectivity index (χ4n) is 2.08. The van der Waals surface area contributed by atoms with Crippen molar-refractivity contribution in [2.75, 3.05) is 7.11 Å². The molecule has 0 saturated carbocycles. The SMILES string of the molecule is COC(=O)c1ccc(C(C)n2nnc3ccccc32)o1. The van der Waals surface area contributed by atoms with E-state index in [1.807, 2.05) is 31.2 Å². The van der Waals surface area contributed by atoms with E-state index >= 15 is 0 Å². The maximum Gasteiger partial charge on any atom is 0.373 e. The average Bonchev–Trinajstić information content (AvgIpc) is 3.12. The van der Waals surface area contributed by atoms with E-state index in [1.54, 1.807) is 16.8 Å². The van der Waals surface area contributed by atoms with Crippen LogP contribution in [0.4, 0.5) is 0 Å². The molecule has 1 unspecified atom stereocenters. The quantitative estimate of drug-likeness (QED) is 0.684. The summed E-state index contributed by atoms with van der Waals surface area (Å²) in [5, 5.41) is 8.24. The van der Waals surface area contributed by atoms with Crippen LogP contribution in [-0.2, 0) is 4.74 Å². The van der Waals surface area contributed by atoms with Crippen LogP contribution in [0.25, 0.3) is 11.0 Å². The molecule has 6 nitrogen and oxygen atoms in total. The molecule has 20 heavy (non-hydrogen) atoms. The number of hydrogen-bond acceptors (Lipinski definition) is 5. The number of esters is 1. The third kappa shape index (κ3) is 1.95. The molecule has 0 amide bonds. The zero-order chi connectivity index (χ0) is 14.1. The van der Waals surface area contributed by atoms with E-state index in [0.29, 0.717) is 5.76 Å². The van der Waals surface area contributed by atoms with Gasteiger partial charge in [-0.3, -0.25) is 0 Å². The lowest BCUT2D eigenvalue weighted by Gasteiger charge is -2.09. The van der Waals surface area contributed by atoms with Crippen LogP contribution in [0.15, 0.2) is 40.8 Å². The Bertz CT molecular complexity index is 760. The Kier molecular flexibility index (Phi) is 2.98. The summed E-state index contributed by atoms with van der Waals surface area (Å²) in [7, 11) is 1.32. The van der Waals surface area contributed by atoms with Crippen LogP contribution in [0.3, 0.4) is 0 Å². The van der Waals surface area contributed by atoms with Gasteiger partial charge in [0, 0.05) is 0 Å². The van der Waals surface area contributed by atoms with Gasteiger partial charge in [0.1, 0.15) is 17.3 Å². The highest BCUT2D eigenvalue weighted by Gasteiger charge is 2.18. The minimum Gasteiger partial charge on any atom is -0.463 e. The Hall–Kier alpha value is -2.63. The Morgan fingerprint density at radius 1 is 1.30 bits per heavy atom. The topological polar surface area (TPSA) is 70.2 Å². The molecular weight excluding hydrogens is 258 g/mol. The summed E-state index contributed by atoms with van der Waals surface area (Å²) in [6, 6.07) is 10.8. The van der Waals surface area contributed by atoms with Crippen molar-refractivity contribution in [2.24, 2.45) is 0 Å². The lowest BCUT2D eigenvalue weighted by atomic mass is 10.2. The van der Waals surface area contributed by atoms with Crippen molar-refractivity contribution in [3.05, 3.63) is 47.9 Å². The van der Waals surface area contributed by atoms with E-state index in [9.17, 15) is 4.79 Å². The fourth-order valence-corrected chi connectivity index (χ4v) is 2.08. The van der Waals surface area contributed by atoms with Gasteiger partial charge in [0.15, 0.2) is 0 Å². The van der Waals surface area contributed by atoms with Crippen LogP contribution in [-0.4, -0.2) is 28.1 Å². The highest BCUT2D eigenvalue weighted by atomic mass is 16.5. The zero-order valence-electron chi connectivity index (χ0n) is 11.1. The highest BCUT2D eigenvalue weighted by Crippen LogP contribution is 2.23. The van der Waals surface area contributed by atoms with E-state index in [4.69, 9.17) is 4.42 Å². The Morgan fingerprint density at radius 3 is 2.90 bits per heavy atom. The second kappa shape index (κ2) is 4.80. The van der Waals surface area contributed by atoms with Gasteiger partial charge in [-0.1, -0.05) is 17.3 Å². The molecule has 102 valence electrons. The predicted molar refractivity (Wildman–Crippen MR) is 71.4 cm³/mol. The molecule has 1 atom stereocenters. The van der Waals surface area contributed by atoms with Crippen molar-refractivity contribution in [1.29, 1.82) is 0 Å². The van der Waals surface area contributed by atoms with Crippen molar-refractivity contribution >= 4 is 17.0 Å². The summed E-state index contributed by atoms with van der Waals surface area (Å²) >= 11 is 0. The number of rotatable bonds is 3. The van der Waals surface area contributed by atoms with Gasteiger partial charge in [-0.25, -0.2) is 9.48 Å². The summed E-state index contributed by atoms with van der Waals surface area (Å²) in [6.07, 6.45) is 0. The maximum atomic E-state index is 11.4. The molecule has 3 rings (SSSR count). The van der Waals surface area contributed by atoms with Crippen molar-refractivity contribution in [2.45, 2.75) is 13.0 Å². The molecule has 0 radical (unpaired) electrons. The van der Waals surface area contributed by atoms with Gasteiger partial charge in [-0.2, -0.15) is 0 Å².